The van der Waals surface area contributed by atoms with Crippen LogP contribution in [-0.4, -0.2) is 39.8 Å². The van der Waals surface area contributed by atoms with Crippen LogP contribution in [0.4, 0.5) is 11.6 Å². The van der Waals surface area contributed by atoms with Crippen molar-refractivity contribution in [1.82, 2.24) is 14.9 Å². The fourth-order valence-corrected chi connectivity index (χ4v) is 3.49. The number of carbonyl (C=O) groups excluding carboxylic acids is 2. The second-order valence-electron chi connectivity index (χ2n) is 6.69. The summed E-state index contributed by atoms with van der Waals surface area (Å²) in [5.41, 5.74) is 1.32. The zero-order valence-electron chi connectivity index (χ0n) is 17.1. The Labute approximate surface area is 200 Å². The molecule has 1 heterocycles. The van der Waals surface area contributed by atoms with Gasteiger partial charge in [-0.2, -0.15) is 0 Å². The number of nitrogens with zero attached hydrogens (tertiary/aromatic N) is 3. The minimum absolute atomic E-state index is 0.00246. The Hall–Kier alpha value is -2.87. The van der Waals surface area contributed by atoms with Gasteiger partial charge in [0.1, 0.15) is 6.54 Å². The predicted octanol–water partition coefficient (Wildman–Crippen LogP) is 5.15. The normalized spacial score (nSPS) is 10.5. The van der Waals surface area contributed by atoms with Crippen LogP contribution in [0.3, 0.4) is 0 Å². The lowest BCUT2D eigenvalue weighted by atomic mass is 10.2. The van der Waals surface area contributed by atoms with Crippen molar-refractivity contribution >= 4 is 58.3 Å². The van der Waals surface area contributed by atoms with Gasteiger partial charge in [0.25, 0.3) is 5.91 Å². The van der Waals surface area contributed by atoms with Gasteiger partial charge >= 0.3 is 0 Å². The molecular formula is C22H20Cl3N5O2. The van der Waals surface area contributed by atoms with Gasteiger partial charge in [0, 0.05) is 13.1 Å². The van der Waals surface area contributed by atoms with Gasteiger partial charge in [0.2, 0.25) is 11.9 Å². The summed E-state index contributed by atoms with van der Waals surface area (Å²) >= 11 is 18.4. The number of anilines is 2. The highest BCUT2D eigenvalue weighted by Crippen LogP contribution is 2.29. The molecule has 0 aliphatic carbocycles. The average Bonchev–Trinajstić information content (AvgIpc) is 2.79. The van der Waals surface area contributed by atoms with Crippen LogP contribution < -0.4 is 10.6 Å². The number of hydrogen-bond donors (Lipinski definition) is 2. The topological polar surface area (TPSA) is 87.2 Å². The molecular weight excluding hydrogens is 473 g/mol. The van der Waals surface area contributed by atoms with Gasteiger partial charge in [-0.1, -0.05) is 71.2 Å². The van der Waals surface area contributed by atoms with Crippen molar-refractivity contribution in [3.05, 3.63) is 81.1 Å². The zero-order chi connectivity index (χ0) is 23.1. The van der Waals surface area contributed by atoms with E-state index >= 15 is 0 Å². The number of benzene rings is 2. The molecule has 3 aromatic rings. The third-order valence-corrected chi connectivity index (χ3v) is 5.38. The highest BCUT2D eigenvalue weighted by molar-refractivity contribution is 6.39. The molecule has 0 radical (unpaired) electrons. The van der Waals surface area contributed by atoms with Crippen molar-refractivity contribution in [2.24, 2.45) is 0 Å². The molecule has 3 rings (SSSR count). The molecule has 32 heavy (non-hydrogen) atoms. The van der Waals surface area contributed by atoms with Crippen LogP contribution in [-0.2, 0) is 11.3 Å². The lowest BCUT2D eigenvalue weighted by Crippen LogP contribution is -2.38. The van der Waals surface area contributed by atoms with Gasteiger partial charge in [-0.15, -0.1) is 0 Å². The summed E-state index contributed by atoms with van der Waals surface area (Å²) < 4.78 is 0. The number of likely N-dealkylation sites (N-methyl/N-ethyl adjacent to an activating group) is 1. The van der Waals surface area contributed by atoms with Crippen LogP contribution in [0.25, 0.3) is 0 Å². The Bertz CT molecular complexity index is 1090. The number of carbonyl (C=O) groups is 2. The van der Waals surface area contributed by atoms with Crippen molar-refractivity contribution in [1.29, 1.82) is 0 Å². The zero-order valence-corrected chi connectivity index (χ0v) is 19.4. The molecule has 0 aliphatic heterocycles. The molecule has 10 heteroatoms. The monoisotopic (exact) mass is 491 g/mol. The fourth-order valence-electron chi connectivity index (χ4n) is 2.83. The molecule has 2 aromatic carbocycles. The minimum atomic E-state index is -0.497. The maximum absolute atomic E-state index is 13.0. The van der Waals surface area contributed by atoms with Crippen molar-refractivity contribution in [3.8, 4) is 0 Å². The first-order chi connectivity index (χ1) is 15.4. The number of rotatable bonds is 8. The first-order valence-electron chi connectivity index (χ1n) is 9.72. The van der Waals surface area contributed by atoms with Crippen molar-refractivity contribution in [2.75, 3.05) is 23.7 Å². The number of para-hydroxylation sites is 1. The first kappa shape index (κ1) is 23.8. The SMILES string of the molecule is CCN(CC(=O)Nc1c(Cl)cccc1Cl)C(=O)c1nc(NCc2ccccc2)ncc1Cl. The lowest BCUT2D eigenvalue weighted by molar-refractivity contribution is -0.116. The quantitative estimate of drug-likeness (QED) is 0.454. The van der Waals surface area contributed by atoms with Crippen LogP contribution in [0.15, 0.2) is 54.7 Å². The van der Waals surface area contributed by atoms with Crippen LogP contribution in [0.5, 0.6) is 0 Å². The largest absolute Gasteiger partial charge is 0.350 e. The maximum atomic E-state index is 13.0. The molecule has 0 bridgehead atoms. The molecule has 2 N–H and O–H groups in total. The molecule has 0 spiro atoms. The summed E-state index contributed by atoms with van der Waals surface area (Å²) in [6.07, 6.45) is 1.35. The molecule has 7 nitrogen and oxygen atoms in total. The Kier molecular flexibility index (Phi) is 8.27. The lowest BCUT2D eigenvalue weighted by Gasteiger charge is -2.21. The Balaban J connectivity index is 1.70. The van der Waals surface area contributed by atoms with E-state index in [-0.39, 0.29) is 35.4 Å². The van der Waals surface area contributed by atoms with Gasteiger partial charge in [-0.05, 0) is 24.6 Å². The molecule has 0 atom stereocenters. The van der Waals surface area contributed by atoms with E-state index in [0.29, 0.717) is 16.6 Å². The third-order valence-electron chi connectivity index (χ3n) is 4.47. The predicted molar refractivity (Wildman–Crippen MR) is 127 cm³/mol. The number of hydrogen-bond acceptors (Lipinski definition) is 5. The highest BCUT2D eigenvalue weighted by atomic mass is 35.5. The fraction of sp³-hybridized carbons (Fsp3) is 0.182. The summed E-state index contributed by atoms with van der Waals surface area (Å²) in [6.45, 7) is 2.26. The second-order valence-corrected chi connectivity index (χ2v) is 7.92. The van der Waals surface area contributed by atoms with E-state index in [2.05, 4.69) is 20.6 Å². The van der Waals surface area contributed by atoms with Crippen LogP contribution >= 0.6 is 34.8 Å². The molecule has 1 aromatic heterocycles. The number of halogens is 3. The van der Waals surface area contributed by atoms with E-state index in [1.807, 2.05) is 30.3 Å². The van der Waals surface area contributed by atoms with Crippen molar-refractivity contribution in [3.63, 3.8) is 0 Å². The Morgan fingerprint density at radius 3 is 2.31 bits per heavy atom. The average molecular weight is 493 g/mol. The number of amides is 2. The van der Waals surface area contributed by atoms with Crippen LogP contribution in [0.2, 0.25) is 15.1 Å². The maximum Gasteiger partial charge on any atom is 0.274 e. The number of aromatic nitrogens is 2. The molecule has 0 aliphatic rings. The molecule has 0 fully saturated rings. The van der Waals surface area contributed by atoms with E-state index < -0.39 is 11.8 Å². The van der Waals surface area contributed by atoms with Gasteiger partial charge in [-0.3, -0.25) is 9.59 Å². The van der Waals surface area contributed by atoms with E-state index in [4.69, 9.17) is 34.8 Å². The molecule has 0 saturated heterocycles. The van der Waals surface area contributed by atoms with E-state index in [1.54, 1.807) is 25.1 Å². The van der Waals surface area contributed by atoms with Crippen molar-refractivity contribution in [2.45, 2.75) is 13.5 Å². The summed E-state index contributed by atoms with van der Waals surface area (Å²) in [7, 11) is 0. The van der Waals surface area contributed by atoms with Gasteiger partial charge < -0.3 is 15.5 Å². The Morgan fingerprint density at radius 1 is 0.969 bits per heavy atom. The molecule has 0 saturated carbocycles. The van der Waals surface area contributed by atoms with Crippen LogP contribution in [0, 0.1) is 0 Å². The standard InChI is InChI=1S/C22H20Cl3N5O2/c1-2-30(13-18(31)28-19-15(23)9-6-10-16(19)24)21(32)20-17(25)12-27-22(29-20)26-11-14-7-4-3-5-8-14/h3-10,12H,2,11,13H2,1H3,(H,28,31)(H,26,27,29). The van der Waals surface area contributed by atoms with Gasteiger partial charge in [-0.25, -0.2) is 9.97 Å². The third kappa shape index (κ3) is 6.09. The Morgan fingerprint density at radius 2 is 1.66 bits per heavy atom. The summed E-state index contributed by atoms with van der Waals surface area (Å²) in [5.74, 6) is -0.698. The molecule has 166 valence electrons. The first-order valence-corrected chi connectivity index (χ1v) is 10.9. The van der Waals surface area contributed by atoms with E-state index in [0.717, 1.165) is 5.56 Å². The summed E-state index contributed by atoms with van der Waals surface area (Å²) in [5, 5.41) is 6.39. The van der Waals surface area contributed by atoms with Crippen molar-refractivity contribution < 1.29 is 9.59 Å². The highest BCUT2D eigenvalue weighted by Gasteiger charge is 2.23. The summed E-state index contributed by atoms with van der Waals surface area (Å²) in [6, 6.07) is 14.6. The number of nitrogens with one attached hydrogen (secondary N) is 2. The van der Waals surface area contributed by atoms with Gasteiger partial charge in [0.05, 0.1) is 27.0 Å². The minimum Gasteiger partial charge on any atom is -0.350 e. The second kappa shape index (κ2) is 11.1. The summed E-state index contributed by atoms with van der Waals surface area (Å²) in [4.78, 5) is 35.3. The molecule has 2 amide bonds. The van der Waals surface area contributed by atoms with E-state index in [9.17, 15) is 9.59 Å². The van der Waals surface area contributed by atoms with Gasteiger partial charge in [0.15, 0.2) is 5.69 Å². The van der Waals surface area contributed by atoms with Crippen LogP contribution in [0.1, 0.15) is 23.0 Å². The van der Waals surface area contributed by atoms with E-state index in [1.165, 1.54) is 11.1 Å². The smallest absolute Gasteiger partial charge is 0.274 e. The molecule has 0 unspecified atom stereocenters.